The quantitative estimate of drug-likeness (QED) is 0.533. The van der Waals surface area contributed by atoms with Crippen molar-refractivity contribution in [2.75, 3.05) is 13.2 Å². The number of carbonyl (C=O) groups excluding carboxylic acids is 2. The molecule has 0 unspecified atom stereocenters. The normalized spacial score (nSPS) is 10.9. The molecule has 0 aliphatic rings. The Balaban J connectivity index is 0. The lowest BCUT2D eigenvalue weighted by Crippen LogP contribution is -2.41. The first kappa shape index (κ1) is 17.3. The van der Waals surface area contributed by atoms with Crippen molar-refractivity contribution in [3.63, 3.8) is 0 Å². The highest BCUT2D eigenvalue weighted by Gasteiger charge is 2.12. The lowest BCUT2D eigenvalue weighted by molar-refractivity contribution is -0.130. The number of nitrogens with one attached hydrogen (secondary N) is 1. The van der Waals surface area contributed by atoms with E-state index < -0.39 is 11.1 Å². The highest BCUT2D eigenvalue weighted by atomic mass is 16.5. The molecule has 0 aromatic heterocycles. The van der Waals surface area contributed by atoms with Crippen LogP contribution >= 0.6 is 0 Å². The van der Waals surface area contributed by atoms with Crippen LogP contribution in [0.1, 0.15) is 27.7 Å². The Kier molecular flexibility index (Phi) is 8.70. The van der Waals surface area contributed by atoms with Gasteiger partial charge in [0.15, 0.2) is 0 Å². The Morgan fingerprint density at radius 2 is 1.81 bits per heavy atom. The minimum atomic E-state index is -0.470. The van der Waals surface area contributed by atoms with Gasteiger partial charge in [0.25, 0.3) is 6.47 Å². The highest BCUT2D eigenvalue weighted by Crippen LogP contribution is 1.96. The van der Waals surface area contributed by atoms with E-state index in [0.717, 1.165) is 0 Å². The predicted octanol–water partition coefficient (Wildman–Crippen LogP) is -0.600. The molecule has 0 bridgehead atoms. The van der Waals surface area contributed by atoms with E-state index in [1.165, 1.54) is 0 Å². The van der Waals surface area contributed by atoms with Crippen LogP contribution < -0.4 is 11.1 Å². The van der Waals surface area contributed by atoms with Gasteiger partial charge in [-0.05, 0) is 27.7 Å². The van der Waals surface area contributed by atoms with Gasteiger partial charge in [0.05, 0.1) is 12.1 Å². The summed E-state index contributed by atoms with van der Waals surface area (Å²) in [6, 6.07) is 0. The summed E-state index contributed by atoms with van der Waals surface area (Å²) in [6.07, 6.45) is 0.580. The number of hydrogen-bond donors (Lipinski definition) is 3. The Labute approximate surface area is 96.2 Å². The zero-order valence-electron chi connectivity index (χ0n) is 10.3. The molecule has 6 nitrogen and oxygen atoms in total. The molecule has 0 aliphatic heterocycles. The van der Waals surface area contributed by atoms with E-state index in [2.05, 4.69) is 10.1 Å². The van der Waals surface area contributed by atoms with Crippen LogP contribution in [0.2, 0.25) is 0 Å². The van der Waals surface area contributed by atoms with Crippen LogP contribution in [0.4, 0.5) is 0 Å². The summed E-state index contributed by atoms with van der Waals surface area (Å²) in [5, 5.41) is 10.9. The maximum atomic E-state index is 9.76. The van der Waals surface area contributed by atoms with E-state index in [0.29, 0.717) is 12.9 Å². The molecule has 0 aromatic carbocycles. The molecule has 0 rings (SSSR count). The van der Waals surface area contributed by atoms with E-state index >= 15 is 0 Å². The second-order valence-electron chi connectivity index (χ2n) is 4.70. The second kappa shape index (κ2) is 8.06. The first-order valence-corrected chi connectivity index (χ1v) is 4.85. The van der Waals surface area contributed by atoms with Gasteiger partial charge in [-0.2, -0.15) is 0 Å². The predicted molar refractivity (Wildman–Crippen MR) is 60.6 cm³/mol. The van der Waals surface area contributed by atoms with Gasteiger partial charge in [0, 0.05) is 5.54 Å². The molecule has 0 heterocycles. The maximum Gasteiger partial charge on any atom is 0.293 e. The molecular formula is C10H22N2O4. The third kappa shape index (κ3) is 15.3. The van der Waals surface area contributed by atoms with Gasteiger partial charge in [-0.3, -0.25) is 9.59 Å². The first-order valence-electron chi connectivity index (χ1n) is 4.85. The van der Waals surface area contributed by atoms with Crippen molar-refractivity contribution in [1.29, 1.82) is 0 Å². The van der Waals surface area contributed by atoms with E-state index in [1.54, 1.807) is 27.7 Å². The summed E-state index contributed by atoms with van der Waals surface area (Å²) in [5.41, 5.74) is 4.57. The van der Waals surface area contributed by atoms with Crippen molar-refractivity contribution in [3.8, 4) is 0 Å². The minimum absolute atomic E-state index is 0.0360. The molecule has 0 aromatic rings. The van der Waals surface area contributed by atoms with E-state index in [9.17, 15) is 9.59 Å². The standard InChI is InChI=1S/2C5H11NO2/c1-5(2,6)3-8-4-7;1-5(2,3-7)6-4-8/h4H,3,6H2,1-2H3;4,7H,3H2,1-2H3,(H,6,8). The fourth-order valence-corrected chi connectivity index (χ4v) is 0.454. The van der Waals surface area contributed by atoms with Crippen LogP contribution in [0, 0.1) is 0 Å². The molecule has 96 valence electrons. The number of amides is 1. The SMILES string of the molecule is CC(C)(CO)NC=O.CC(C)(N)COC=O. The molecule has 0 saturated carbocycles. The van der Waals surface area contributed by atoms with Crippen molar-refractivity contribution in [3.05, 3.63) is 0 Å². The molecule has 4 N–H and O–H groups in total. The van der Waals surface area contributed by atoms with Crippen molar-refractivity contribution < 1.29 is 19.4 Å². The van der Waals surface area contributed by atoms with Crippen molar-refractivity contribution in [2.45, 2.75) is 38.8 Å². The number of carbonyl (C=O) groups is 2. The average molecular weight is 234 g/mol. The lowest BCUT2D eigenvalue weighted by atomic mass is 10.1. The Bertz CT molecular complexity index is 199. The Morgan fingerprint density at radius 3 is 1.94 bits per heavy atom. The van der Waals surface area contributed by atoms with Gasteiger partial charge < -0.3 is 20.9 Å². The molecule has 0 fully saturated rings. The van der Waals surface area contributed by atoms with Gasteiger partial charge in [-0.15, -0.1) is 0 Å². The summed E-state index contributed by atoms with van der Waals surface area (Å²) in [4.78, 5) is 19.3. The first-order chi connectivity index (χ1) is 7.18. The monoisotopic (exact) mass is 234 g/mol. The number of ether oxygens (including phenoxy) is 1. The van der Waals surface area contributed by atoms with Crippen LogP contribution in [-0.4, -0.2) is 42.3 Å². The summed E-state index contributed by atoms with van der Waals surface area (Å²) in [5.74, 6) is 0. The van der Waals surface area contributed by atoms with Gasteiger partial charge in [0.2, 0.25) is 6.41 Å². The zero-order valence-corrected chi connectivity index (χ0v) is 10.3. The molecule has 1 amide bonds. The van der Waals surface area contributed by atoms with Gasteiger partial charge in [-0.1, -0.05) is 0 Å². The fraction of sp³-hybridized carbons (Fsp3) is 0.800. The number of aliphatic hydroxyl groups excluding tert-OH is 1. The van der Waals surface area contributed by atoms with Crippen LogP contribution in [0.3, 0.4) is 0 Å². The van der Waals surface area contributed by atoms with Crippen molar-refractivity contribution in [1.82, 2.24) is 5.32 Å². The smallest absolute Gasteiger partial charge is 0.293 e. The molecule has 0 spiro atoms. The van der Waals surface area contributed by atoms with Crippen LogP contribution in [0.5, 0.6) is 0 Å². The summed E-state index contributed by atoms with van der Waals surface area (Å²) in [6.45, 7) is 7.69. The molecule has 0 radical (unpaired) electrons. The van der Waals surface area contributed by atoms with Crippen molar-refractivity contribution in [2.24, 2.45) is 5.73 Å². The summed E-state index contributed by atoms with van der Waals surface area (Å²) < 4.78 is 4.39. The van der Waals surface area contributed by atoms with Crippen LogP contribution in [0.25, 0.3) is 0 Å². The molecule has 0 atom stereocenters. The molecule has 0 saturated heterocycles. The number of hydrogen-bond acceptors (Lipinski definition) is 5. The zero-order chi connectivity index (χ0) is 13.2. The molecular weight excluding hydrogens is 212 g/mol. The third-order valence-corrected chi connectivity index (χ3v) is 1.37. The van der Waals surface area contributed by atoms with Crippen LogP contribution in [-0.2, 0) is 14.3 Å². The van der Waals surface area contributed by atoms with Gasteiger partial charge in [-0.25, -0.2) is 0 Å². The van der Waals surface area contributed by atoms with Crippen LogP contribution in [0.15, 0.2) is 0 Å². The van der Waals surface area contributed by atoms with Gasteiger partial charge in [0.1, 0.15) is 6.61 Å². The number of rotatable bonds is 6. The molecule has 16 heavy (non-hydrogen) atoms. The number of nitrogens with two attached hydrogens (primary N) is 1. The third-order valence-electron chi connectivity index (χ3n) is 1.37. The lowest BCUT2D eigenvalue weighted by Gasteiger charge is -2.19. The minimum Gasteiger partial charge on any atom is -0.466 e. The topological polar surface area (TPSA) is 102 Å². The van der Waals surface area contributed by atoms with E-state index in [1.807, 2.05) is 0 Å². The second-order valence-corrected chi connectivity index (χ2v) is 4.70. The Hall–Kier alpha value is -1.14. The number of aliphatic hydroxyl groups is 1. The van der Waals surface area contributed by atoms with E-state index in [4.69, 9.17) is 10.8 Å². The summed E-state index contributed by atoms with van der Waals surface area (Å²) >= 11 is 0. The summed E-state index contributed by atoms with van der Waals surface area (Å²) in [7, 11) is 0. The van der Waals surface area contributed by atoms with Crippen molar-refractivity contribution >= 4 is 12.9 Å². The van der Waals surface area contributed by atoms with Gasteiger partial charge >= 0.3 is 0 Å². The average Bonchev–Trinajstić information content (AvgIpc) is 2.15. The van der Waals surface area contributed by atoms with E-state index in [-0.39, 0.29) is 13.2 Å². The largest absolute Gasteiger partial charge is 0.466 e. The fourth-order valence-electron chi connectivity index (χ4n) is 0.454. The Morgan fingerprint density at radius 1 is 1.31 bits per heavy atom. The highest BCUT2D eigenvalue weighted by molar-refractivity contribution is 5.47. The molecule has 0 aliphatic carbocycles. The molecule has 6 heteroatoms. The maximum absolute atomic E-state index is 9.76.